The van der Waals surface area contributed by atoms with E-state index < -0.39 is 0 Å². The van der Waals surface area contributed by atoms with Crippen LogP contribution in [-0.4, -0.2) is 33.0 Å². The smallest absolute Gasteiger partial charge is 0.229 e. The van der Waals surface area contributed by atoms with Crippen LogP contribution in [0.5, 0.6) is 0 Å². The zero-order chi connectivity index (χ0) is 20.4. The van der Waals surface area contributed by atoms with Gasteiger partial charge in [0.25, 0.3) is 0 Å². The van der Waals surface area contributed by atoms with E-state index in [9.17, 15) is 9.59 Å². The van der Waals surface area contributed by atoms with Gasteiger partial charge in [0.15, 0.2) is 0 Å². The van der Waals surface area contributed by atoms with Crippen LogP contribution in [0.3, 0.4) is 0 Å². The van der Waals surface area contributed by atoms with E-state index in [0.717, 1.165) is 22.6 Å². The molecule has 0 spiro atoms. The molecule has 1 fully saturated rings. The summed E-state index contributed by atoms with van der Waals surface area (Å²) in [6.45, 7) is 4.78. The number of benzene rings is 2. The lowest BCUT2D eigenvalue weighted by atomic mass is 10.1. The van der Waals surface area contributed by atoms with E-state index in [1.54, 1.807) is 4.90 Å². The maximum atomic E-state index is 12.9. The highest BCUT2D eigenvalue weighted by atomic mass is 16.2. The molecule has 0 saturated carbocycles. The third-order valence-corrected chi connectivity index (χ3v) is 5.34. The first-order valence-corrected chi connectivity index (χ1v) is 9.77. The predicted molar refractivity (Wildman–Crippen MR) is 112 cm³/mol. The number of amides is 2. The molecule has 3 aromatic rings. The average Bonchev–Trinajstić information content (AvgIpc) is 3.24. The summed E-state index contributed by atoms with van der Waals surface area (Å²) >= 11 is 0. The lowest BCUT2D eigenvalue weighted by Gasteiger charge is -2.16. The van der Waals surface area contributed by atoms with Crippen molar-refractivity contribution in [2.24, 2.45) is 5.92 Å². The quantitative estimate of drug-likeness (QED) is 0.728. The normalized spacial score (nSPS) is 16.3. The Morgan fingerprint density at radius 2 is 1.72 bits per heavy atom. The zero-order valence-electron chi connectivity index (χ0n) is 16.6. The van der Waals surface area contributed by atoms with Crippen molar-refractivity contribution in [1.82, 2.24) is 14.7 Å². The molecular formula is C23H24N4O2. The maximum Gasteiger partial charge on any atom is 0.229 e. The van der Waals surface area contributed by atoms with E-state index in [1.165, 1.54) is 0 Å². The van der Waals surface area contributed by atoms with Crippen LogP contribution in [0.15, 0.2) is 60.7 Å². The fraction of sp³-hybridized carbons (Fsp3) is 0.261. The van der Waals surface area contributed by atoms with Gasteiger partial charge < -0.3 is 10.2 Å². The Kier molecular flexibility index (Phi) is 5.16. The topological polar surface area (TPSA) is 67.2 Å². The summed E-state index contributed by atoms with van der Waals surface area (Å²) in [5.74, 6) is -0.472. The molecule has 2 heterocycles. The minimum absolute atomic E-state index is 0.0161. The van der Waals surface area contributed by atoms with Gasteiger partial charge in [-0.25, -0.2) is 4.68 Å². The molecule has 4 rings (SSSR count). The Hall–Kier alpha value is -3.41. The van der Waals surface area contributed by atoms with Gasteiger partial charge in [-0.05, 0) is 31.5 Å². The Morgan fingerprint density at radius 1 is 1.07 bits per heavy atom. The number of hydrogen-bond acceptors (Lipinski definition) is 3. The summed E-state index contributed by atoms with van der Waals surface area (Å²) in [6.07, 6.45) is 0.240. The Bertz CT molecular complexity index is 1030. The van der Waals surface area contributed by atoms with Crippen molar-refractivity contribution in [3.05, 3.63) is 77.6 Å². The monoisotopic (exact) mass is 388 g/mol. The van der Waals surface area contributed by atoms with Crippen LogP contribution in [0.1, 0.15) is 23.4 Å². The van der Waals surface area contributed by atoms with Crippen LogP contribution in [0.4, 0.5) is 5.69 Å². The maximum absolute atomic E-state index is 12.9. The summed E-state index contributed by atoms with van der Waals surface area (Å²) in [7, 11) is 0. The lowest BCUT2D eigenvalue weighted by molar-refractivity contribution is -0.128. The van der Waals surface area contributed by atoms with E-state index in [-0.39, 0.29) is 24.2 Å². The molecule has 0 bridgehead atoms. The number of rotatable bonds is 5. The predicted octanol–water partition coefficient (Wildman–Crippen LogP) is 3.48. The van der Waals surface area contributed by atoms with Crippen LogP contribution in [0.2, 0.25) is 0 Å². The molecular weight excluding hydrogens is 364 g/mol. The number of hydrogen-bond donors (Lipinski definition) is 1. The first-order chi connectivity index (χ1) is 14.0. The van der Waals surface area contributed by atoms with Crippen molar-refractivity contribution >= 4 is 17.5 Å². The molecule has 6 heteroatoms. The standard InChI is InChI=1S/C23H24N4O2/c1-16-22(17(2)27(25-16)20-11-7-4-8-12-20)24-23(29)19-13-21(28)26(15-19)14-18-9-5-3-6-10-18/h3-12,19H,13-15H2,1-2H3,(H,24,29). The van der Waals surface area contributed by atoms with E-state index in [1.807, 2.05) is 79.2 Å². The van der Waals surface area contributed by atoms with Gasteiger partial charge in [0.05, 0.1) is 28.7 Å². The van der Waals surface area contributed by atoms with Crippen LogP contribution in [0.25, 0.3) is 5.69 Å². The first-order valence-electron chi connectivity index (χ1n) is 9.77. The minimum atomic E-state index is -0.356. The van der Waals surface area contributed by atoms with Gasteiger partial charge in [0.1, 0.15) is 0 Å². The molecule has 1 aliphatic rings. The van der Waals surface area contributed by atoms with Crippen molar-refractivity contribution in [2.75, 3.05) is 11.9 Å². The summed E-state index contributed by atoms with van der Waals surface area (Å²) in [6, 6.07) is 19.7. The van der Waals surface area contributed by atoms with Crippen LogP contribution in [0, 0.1) is 19.8 Å². The molecule has 2 amide bonds. The Morgan fingerprint density at radius 3 is 2.41 bits per heavy atom. The van der Waals surface area contributed by atoms with E-state index in [2.05, 4.69) is 10.4 Å². The molecule has 0 radical (unpaired) electrons. The highest BCUT2D eigenvalue weighted by molar-refractivity contribution is 5.98. The second kappa shape index (κ2) is 7.91. The number of aromatic nitrogens is 2. The van der Waals surface area contributed by atoms with Crippen molar-refractivity contribution < 1.29 is 9.59 Å². The van der Waals surface area contributed by atoms with Gasteiger partial charge >= 0.3 is 0 Å². The SMILES string of the molecule is Cc1nn(-c2ccccc2)c(C)c1NC(=O)C1CC(=O)N(Cc2ccccc2)C1. The van der Waals surface area contributed by atoms with Crippen molar-refractivity contribution in [3.63, 3.8) is 0 Å². The minimum Gasteiger partial charge on any atom is -0.338 e. The van der Waals surface area contributed by atoms with E-state index >= 15 is 0 Å². The van der Waals surface area contributed by atoms with Crippen molar-refractivity contribution in [3.8, 4) is 5.69 Å². The largest absolute Gasteiger partial charge is 0.338 e. The summed E-state index contributed by atoms with van der Waals surface area (Å²) in [5.41, 5.74) is 4.35. The van der Waals surface area contributed by atoms with Gasteiger partial charge in [-0.1, -0.05) is 48.5 Å². The number of aryl methyl sites for hydroxylation is 1. The number of nitrogens with zero attached hydrogens (tertiary/aromatic N) is 3. The molecule has 29 heavy (non-hydrogen) atoms. The molecule has 148 valence electrons. The Balaban J connectivity index is 1.46. The molecule has 6 nitrogen and oxygen atoms in total. The van der Waals surface area contributed by atoms with E-state index in [4.69, 9.17) is 0 Å². The third kappa shape index (κ3) is 3.92. The third-order valence-electron chi connectivity index (χ3n) is 5.34. The fourth-order valence-electron chi connectivity index (χ4n) is 3.77. The second-order valence-electron chi connectivity index (χ2n) is 7.44. The van der Waals surface area contributed by atoms with Crippen LogP contribution >= 0.6 is 0 Å². The average molecular weight is 388 g/mol. The number of likely N-dealkylation sites (tertiary alicyclic amines) is 1. The van der Waals surface area contributed by atoms with Crippen molar-refractivity contribution in [2.45, 2.75) is 26.8 Å². The highest BCUT2D eigenvalue weighted by Crippen LogP contribution is 2.26. The molecule has 1 aliphatic heterocycles. The summed E-state index contributed by atoms with van der Waals surface area (Å²) < 4.78 is 1.83. The summed E-state index contributed by atoms with van der Waals surface area (Å²) in [4.78, 5) is 27.0. The van der Waals surface area contributed by atoms with Gasteiger partial charge in [-0.15, -0.1) is 0 Å². The second-order valence-corrected chi connectivity index (χ2v) is 7.44. The number of nitrogens with one attached hydrogen (secondary N) is 1. The number of anilines is 1. The molecule has 2 aromatic carbocycles. The number of para-hydroxylation sites is 1. The zero-order valence-corrected chi connectivity index (χ0v) is 16.6. The fourth-order valence-corrected chi connectivity index (χ4v) is 3.77. The van der Waals surface area contributed by atoms with E-state index in [0.29, 0.717) is 18.8 Å². The molecule has 1 atom stereocenters. The Labute approximate surface area is 170 Å². The lowest BCUT2D eigenvalue weighted by Crippen LogP contribution is -2.28. The van der Waals surface area contributed by atoms with Crippen molar-refractivity contribution in [1.29, 1.82) is 0 Å². The molecule has 1 saturated heterocycles. The first kappa shape index (κ1) is 18.9. The molecule has 1 N–H and O–H groups in total. The molecule has 1 aromatic heterocycles. The van der Waals surface area contributed by atoms with Gasteiger partial charge in [0, 0.05) is 19.5 Å². The summed E-state index contributed by atoms with van der Waals surface area (Å²) in [5, 5.41) is 7.58. The number of carbonyl (C=O) groups excluding carboxylic acids is 2. The molecule has 0 aliphatic carbocycles. The van der Waals surface area contributed by atoms with Gasteiger partial charge in [-0.3, -0.25) is 9.59 Å². The van der Waals surface area contributed by atoms with Gasteiger partial charge in [-0.2, -0.15) is 5.10 Å². The van der Waals surface area contributed by atoms with Crippen LogP contribution < -0.4 is 5.32 Å². The van der Waals surface area contributed by atoms with Gasteiger partial charge in [0.2, 0.25) is 11.8 Å². The number of carbonyl (C=O) groups is 2. The highest BCUT2D eigenvalue weighted by Gasteiger charge is 2.34. The van der Waals surface area contributed by atoms with Crippen LogP contribution in [-0.2, 0) is 16.1 Å². The molecule has 1 unspecified atom stereocenters.